The molecule has 0 bridgehead atoms. The minimum atomic E-state index is -0.415. The Morgan fingerprint density at radius 1 is 1.17 bits per heavy atom. The fraction of sp³-hybridized carbons (Fsp3) is 0.294. The van der Waals surface area contributed by atoms with Gasteiger partial charge in [0.25, 0.3) is 5.91 Å². The van der Waals surface area contributed by atoms with Crippen LogP contribution in [0.15, 0.2) is 30.3 Å². The van der Waals surface area contributed by atoms with Gasteiger partial charge in [0.05, 0.1) is 0 Å². The number of halogens is 1. The molecule has 23 heavy (non-hydrogen) atoms. The molecule has 6 heteroatoms. The Bertz CT molecular complexity index is 700. The Labute approximate surface area is 152 Å². The molecule has 1 aromatic carbocycles. The quantitative estimate of drug-likeness (QED) is 0.576. The molecule has 0 spiro atoms. The van der Waals surface area contributed by atoms with E-state index in [-0.39, 0.29) is 12.5 Å². The standard InChI is InChI=1S/C17H16INO3S/c18-12-5-7-13(8-6-12)19-16(20)10-22-17(21)15-9-11-3-1-2-4-14(11)23-15/h5-9H,1-4,10H2,(H,19,20). The molecule has 0 fully saturated rings. The smallest absolute Gasteiger partial charge is 0.348 e. The Morgan fingerprint density at radius 3 is 2.65 bits per heavy atom. The summed E-state index contributed by atoms with van der Waals surface area (Å²) >= 11 is 3.69. The van der Waals surface area contributed by atoms with E-state index in [0.29, 0.717) is 10.6 Å². The molecule has 0 unspecified atom stereocenters. The van der Waals surface area contributed by atoms with Crippen LogP contribution in [0.25, 0.3) is 0 Å². The topological polar surface area (TPSA) is 55.4 Å². The predicted molar refractivity (Wildman–Crippen MR) is 99.0 cm³/mol. The van der Waals surface area contributed by atoms with E-state index in [9.17, 15) is 9.59 Å². The van der Waals surface area contributed by atoms with Crippen LogP contribution >= 0.6 is 33.9 Å². The second kappa shape index (κ2) is 7.44. The predicted octanol–water partition coefficient (Wildman–Crippen LogP) is 4.03. The lowest BCUT2D eigenvalue weighted by atomic mass is 9.99. The zero-order chi connectivity index (χ0) is 16.2. The first-order valence-corrected chi connectivity index (χ1v) is 9.35. The van der Waals surface area contributed by atoms with Crippen molar-refractivity contribution in [2.24, 2.45) is 0 Å². The van der Waals surface area contributed by atoms with E-state index < -0.39 is 5.97 Å². The third kappa shape index (κ3) is 4.32. The number of ether oxygens (including phenoxy) is 1. The van der Waals surface area contributed by atoms with Gasteiger partial charge in [-0.05, 0) is 84.2 Å². The number of fused-ring (bicyclic) bond motifs is 1. The lowest BCUT2D eigenvalue weighted by Crippen LogP contribution is -2.20. The number of carbonyl (C=O) groups is 2. The Kier molecular flexibility index (Phi) is 5.32. The summed E-state index contributed by atoms with van der Waals surface area (Å²) in [5, 5.41) is 2.71. The molecule has 1 aliphatic rings. The molecule has 120 valence electrons. The van der Waals surface area contributed by atoms with Crippen molar-refractivity contribution >= 4 is 51.5 Å². The number of nitrogens with one attached hydrogen (secondary N) is 1. The van der Waals surface area contributed by atoms with Crippen LogP contribution in [-0.2, 0) is 22.4 Å². The first kappa shape index (κ1) is 16.4. The van der Waals surface area contributed by atoms with Crippen molar-refractivity contribution in [2.75, 3.05) is 11.9 Å². The van der Waals surface area contributed by atoms with Gasteiger partial charge < -0.3 is 10.1 Å². The van der Waals surface area contributed by atoms with Gasteiger partial charge in [-0.3, -0.25) is 4.79 Å². The van der Waals surface area contributed by atoms with Crippen molar-refractivity contribution in [2.45, 2.75) is 25.7 Å². The highest BCUT2D eigenvalue weighted by Gasteiger charge is 2.18. The Hall–Kier alpha value is -1.41. The van der Waals surface area contributed by atoms with E-state index in [0.717, 1.165) is 16.4 Å². The van der Waals surface area contributed by atoms with Crippen molar-refractivity contribution in [3.05, 3.63) is 49.2 Å². The van der Waals surface area contributed by atoms with Crippen LogP contribution in [-0.4, -0.2) is 18.5 Å². The molecule has 3 rings (SSSR count). The van der Waals surface area contributed by atoms with Crippen molar-refractivity contribution in [3.8, 4) is 0 Å². The molecular weight excluding hydrogens is 425 g/mol. The number of amides is 1. The number of benzene rings is 1. The number of hydrogen-bond acceptors (Lipinski definition) is 4. The Balaban J connectivity index is 1.53. The zero-order valence-electron chi connectivity index (χ0n) is 12.4. The molecular formula is C17H16INO3S. The fourth-order valence-corrected chi connectivity index (χ4v) is 4.03. The highest BCUT2D eigenvalue weighted by atomic mass is 127. The maximum absolute atomic E-state index is 12.1. The molecule has 1 N–H and O–H groups in total. The van der Waals surface area contributed by atoms with Crippen LogP contribution in [0.4, 0.5) is 5.69 Å². The number of hydrogen-bond donors (Lipinski definition) is 1. The monoisotopic (exact) mass is 441 g/mol. The average molecular weight is 441 g/mol. The zero-order valence-corrected chi connectivity index (χ0v) is 15.4. The lowest BCUT2D eigenvalue weighted by Gasteiger charge is -2.08. The Morgan fingerprint density at radius 2 is 1.91 bits per heavy atom. The molecule has 1 aromatic heterocycles. The number of anilines is 1. The van der Waals surface area contributed by atoms with Gasteiger partial charge in [-0.1, -0.05) is 0 Å². The number of aryl methyl sites for hydroxylation is 2. The second-order valence-electron chi connectivity index (χ2n) is 5.40. The lowest BCUT2D eigenvalue weighted by molar-refractivity contribution is -0.119. The van der Waals surface area contributed by atoms with Crippen LogP contribution in [0.3, 0.4) is 0 Å². The van der Waals surface area contributed by atoms with Crippen LogP contribution in [0.2, 0.25) is 0 Å². The number of thiophene rings is 1. The highest BCUT2D eigenvalue weighted by molar-refractivity contribution is 14.1. The molecule has 1 heterocycles. The maximum Gasteiger partial charge on any atom is 0.348 e. The largest absolute Gasteiger partial charge is 0.451 e. The fourth-order valence-electron chi connectivity index (χ4n) is 2.52. The summed E-state index contributed by atoms with van der Waals surface area (Å²) in [7, 11) is 0. The summed E-state index contributed by atoms with van der Waals surface area (Å²) in [6.07, 6.45) is 4.43. The van der Waals surface area contributed by atoms with Gasteiger partial charge in [-0.2, -0.15) is 0 Å². The van der Waals surface area contributed by atoms with E-state index >= 15 is 0 Å². The van der Waals surface area contributed by atoms with Gasteiger partial charge in [-0.15, -0.1) is 11.3 Å². The molecule has 1 aliphatic carbocycles. The molecule has 0 atom stereocenters. The van der Waals surface area contributed by atoms with E-state index in [4.69, 9.17) is 4.74 Å². The summed E-state index contributed by atoms with van der Waals surface area (Å²) in [6.45, 7) is -0.270. The third-order valence-electron chi connectivity index (χ3n) is 3.66. The third-order valence-corrected chi connectivity index (χ3v) is 5.60. The molecule has 0 saturated heterocycles. The van der Waals surface area contributed by atoms with Gasteiger partial charge in [0.2, 0.25) is 0 Å². The van der Waals surface area contributed by atoms with E-state index in [1.165, 1.54) is 34.6 Å². The molecule has 4 nitrogen and oxygen atoms in total. The summed E-state index contributed by atoms with van der Waals surface area (Å²) in [5.74, 6) is -0.747. The normalized spacial score (nSPS) is 13.3. The van der Waals surface area contributed by atoms with Gasteiger partial charge in [0, 0.05) is 14.1 Å². The van der Waals surface area contributed by atoms with Crippen LogP contribution < -0.4 is 5.32 Å². The van der Waals surface area contributed by atoms with Gasteiger partial charge >= 0.3 is 5.97 Å². The number of carbonyl (C=O) groups excluding carboxylic acids is 2. The van der Waals surface area contributed by atoms with Gasteiger partial charge in [-0.25, -0.2) is 4.79 Å². The minimum absolute atomic E-state index is 0.270. The van der Waals surface area contributed by atoms with Crippen molar-refractivity contribution in [3.63, 3.8) is 0 Å². The summed E-state index contributed by atoms with van der Waals surface area (Å²) in [5.41, 5.74) is 1.95. The summed E-state index contributed by atoms with van der Waals surface area (Å²) in [6, 6.07) is 9.35. The van der Waals surface area contributed by atoms with Crippen molar-refractivity contribution in [1.82, 2.24) is 0 Å². The summed E-state index contributed by atoms with van der Waals surface area (Å²) < 4.78 is 6.21. The van der Waals surface area contributed by atoms with E-state index in [1.54, 1.807) is 0 Å². The molecule has 2 aromatic rings. The first-order chi connectivity index (χ1) is 11.1. The summed E-state index contributed by atoms with van der Waals surface area (Å²) in [4.78, 5) is 25.8. The van der Waals surface area contributed by atoms with Crippen LogP contribution in [0.5, 0.6) is 0 Å². The first-order valence-electron chi connectivity index (χ1n) is 7.46. The number of rotatable bonds is 4. The van der Waals surface area contributed by atoms with Gasteiger partial charge in [0.15, 0.2) is 6.61 Å². The SMILES string of the molecule is O=C(COC(=O)c1cc2c(s1)CCCC2)Nc1ccc(I)cc1. The van der Waals surface area contributed by atoms with Crippen LogP contribution in [0, 0.1) is 3.57 Å². The average Bonchev–Trinajstić information content (AvgIpc) is 2.99. The van der Waals surface area contributed by atoms with Crippen LogP contribution in [0.1, 0.15) is 33.0 Å². The highest BCUT2D eigenvalue weighted by Crippen LogP contribution is 2.30. The minimum Gasteiger partial charge on any atom is -0.451 e. The van der Waals surface area contributed by atoms with E-state index in [2.05, 4.69) is 27.9 Å². The number of esters is 1. The molecule has 1 amide bonds. The molecule has 0 aliphatic heterocycles. The van der Waals surface area contributed by atoms with Crippen molar-refractivity contribution < 1.29 is 14.3 Å². The molecule has 0 saturated carbocycles. The maximum atomic E-state index is 12.1. The van der Waals surface area contributed by atoms with E-state index in [1.807, 2.05) is 30.3 Å². The van der Waals surface area contributed by atoms with Gasteiger partial charge in [0.1, 0.15) is 4.88 Å². The van der Waals surface area contributed by atoms with Crippen molar-refractivity contribution in [1.29, 1.82) is 0 Å². The molecule has 0 radical (unpaired) electrons. The second-order valence-corrected chi connectivity index (χ2v) is 7.78.